The third kappa shape index (κ3) is 1.57. The molecule has 0 spiro atoms. The zero-order valence-electron chi connectivity index (χ0n) is 9.45. The summed E-state index contributed by atoms with van der Waals surface area (Å²) in [6, 6.07) is 0. The third-order valence-corrected chi connectivity index (χ3v) is 3.50. The van der Waals surface area contributed by atoms with Crippen LogP contribution in [0.4, 0.5) is 0 Å². The molecule has 1 N–H and O–H groups in total. The van der Waals surface area contributed by atoms with E-state index in [9.17, 15) is 4.79 Å². The van der Waals surface area contributed by atoms with E-state index in [1.165, 1.54) is 0 Å². The number of aromatic nitrogens is 2. The number of H-pyrrole nitrogens is 1. The molecule has 0 aromatic carbocycles. The van der Waals surface area contributed by atoms with Crippen molar-refractivity contribution in [2.75, 3.05) is 0 Å². The van der Waals surface area contributed by atoms with Crippen LogP contribution < -0.4 is 5.56 Å². The van der Waals surface area contributed by atoms with Gasteiger partial charge in [0.25, 0.3) is 5.56 Å². The van der Waals surface area contributed by atoms with Crippen LogP contribution in [0.1, 0.15) is 49.4 Å². The van der Waals surface area contributed by atoms with Crippen molar-refractivity contribution < 1.29 is 4.74 Å². The second-order valence-electron chi connectivity index (χ2n) is 4.74. The highest BCUT2D eigenvalue weighted by Gasteiger charge is 2.27. The van der Waals surface area contributed by atoms with Crippen LogP contribution in [0.3, 0.4) is 0 Å². The molecule has 2 aliphatic rings. The van der Waals surface area contributed by atoms with Crippen LogP contribution in [0.25, 0.3) is 0 Å². The van der Waals surface area contributed by atoms with E-state index in [-0.39, 0.29) is 17.8 Å². The Labute approximate surface area is 94.1 Å². The minimum absolute atomic E-state index is 0.00593. The second kappa shape index (κ2) is 3.70. The lowest BCUT2D eigenvalue weighted by molar-refractivity contribution is 0.0500. The second-order valence-corrected chi connectivity index (χ2v) is 4.74. The molecule has 1 aliphatic carbocycles. The van der Waals surface area contributed by atoms with Crippen molar-refractivity contribution in [3.63, 3.8) is 0 Å². The summed E-state index contributed by atoms with van der Waals surface area (Å²) in [5.41, 5.74) is 1.91. The number of nitrogens with one attached hydrogen (secondary N) is 1. The standard InChI is InChI=1S/C12H16N2O2/c1-7-5-6-10(16-7)11-13-9-4-2-3-8(9)12(15)14-11/h7,10H,2-6H2,1H3,(H,13,14,15). The fraction of sp³-hybridized carbons (Fsp3) is 0.667. The molecule has 1 aromatic heterocycles. The third-order valence-electron chi connectivity index (χ3n) is 3.50. The van der Waals surface area contributed by atoms with Gasteiger partial charge in [-0.25, -0.2) is 4.98 Å². The SMILES string of the molecule is CC1CCC(c2nc3c(c(=O)[nH]2)CCC3)O1. The topological polar surface area (TPSA) is 55.0 Å². The fourth-order valence-electron chi connectivity index (χ4n) is 2.62. The number of hydrogen-bond acceptors (Lipinski definition) is 3. The minimum Gasteiger partial charge on any atom is -0.367 e. The predicted octanol–water partition coefficient (Wildman–Crippen LogP) is 1.50. The van der Waals surface area contributed by atoms with Gasteiger partial charge in [-0.3, -0.25) is 4.79 Å². The number of nitrogens with zero attached hydrogens (tertiary/aromatic N) is 1. The van der Waals surface area contributed by atoms with Crippen molar-refractivity contribution in [3.05, 3.63) is 27.4 Å². The summed E-state index contributed by atoms with van der Waals surface area (Å²) in [6.07, 6.45) is 5.15. The minimum atomic E-state index is -0.00593. The van der Waals surface area contributed by atoms with Gasteiger partial charge in [-0.1, -0.05) is 0 Å². The van der Waals surface area contributed by atoms with Gasteiger partial charge < -0.3 is 9.72 Å². The molecule has 0 saturated carbocycles. The smallest absolute Gasteiger partial charge is 0.254 e. The van der Waals surface area contributed by atoms with E-state index in [1.54, 1.807) is 0 Å². The first-order valence-electron chi connectivity index (χ1n) is 6.01. The summed E-state index contributed by atoms with van der Waals surface area (Å²) >= 11 is 0. The molecule has 0 radical (unpaired) electrons. The van der Waals surface area contributed by atoms with Gasteiger partial charge in [-0.15, -0.1) is 0 Å². The van der Waals surface area contributed by atoms with Gasteiger partial charge in [0.05, 0.1) is 11.8 Å². The van der Waals surface area contributed by atoms with E-state index in [4.69, 9.17) is 4.74 Å². The molecule has 4 nitrogen and oxygen atoms in total. The molecule has 3 rings (SSSR count). The quantitative estimate of drug-likeness (QED) is 0.780. The molecule has 0 bridgehead atoms. The van der Waals surface area contributed by atoms with E-state index in [0.717, 1.165) is 49.2 Å². The molecule has 0 amide bonds. The number of aryl methyl sites for hydroxylation is 1. The number of hydrogen-bond donors (Lipinski definition) is 1. The molecule has 4 heteroatoms. The zero-order valence-corrected chi connectivity index (χ0v) is 9.45. The first-order valence-corrected chi connectivity index (χ1v) is 6.01. The lowest BCUT2D eigenvalue weighted by atomic mass is 10.2. The summed E-state index contributed by atoms with van der Waals surface area (Å²) in [7, 11) is 0. The normalized spacial score (nSPS) is 28.3. The molecule has 1 aromatic rings. The molecule has 1 fully saturated rings. The summed E-state index contributed by atoms with van der Waals surface area (Å²) in [5.74, 6) is 0.731. The van der Waals surface area contributed by atoms with Crippen molar-refractivity contribution in [2.45, 2.75) is 51.2 Å². The van der Waals surface area contributed by atoms with Gasteiger partial charge in [-0.2, -0.15) is 0 Å². The van der Waals surface area contributed by atoms with Crippen LogP contribution in [0.15, 0.2) is 4.79 Å². The average Bonchev–Trinajstić information content (AvgIpc) is 2.85. The summed E-state index contributed by atoms with van der Waals surface area (Å²) < 4.78 is 5.73. The van der Waals surface area contributed by atoms with E-state index >= 15 is 0 Å². The molecule has 2 atom stereocenters. The zero-order chi connectivity index (χ0) is 11.1. The van der Waals surface area contributed by atoms with Crippen molar-refractivity contribution in [1.29, 1.82) is 0 Å². The lowest BCUT2D eigenvalue weighted by Crippen LogP contribution is -2.19. The Balaban J connectivity index is 1.97. The Kier molecular flexibility index (Phi) is 2.32. The number of fused-ring (bicyclic) bond motifs is 1. The number of rotatable bonds is 1. The molecule has 1 saturated heterocycles. The molecule has 1 aliphatic heterocycles. The van der Waals surface area contributed by atoms with Gasteiger partial charge in [0.15, 0.2) is 0 Å². The molecule has 16 heavy (non-hydrogen) atoms. The fourth-order valence-corrected chi connectivity index (χ4v) is 2.62. The maximum atomic E-state index is 11.8. The van der Waals surface area contributed by atoms with E-state index in [2.05, 4.69) is 16.9 Å². The Morgan fingerprint density at radius 3 is 3.00 bits per heavy atom. The number of ether oxygens (including phenoxy) is 1. The molecule has 2 unspecified atom stereocenters. The lowest BCUT2D eigenvalue weighted by Gasteiger charge is -2.11. The van der Waals surface area contributed by atoms with Crippen molar-refractivity contribution in [3.8, 4) is 0 Å². The van der Waals surface area contributed by atoms with Gasteiger partial charge in [0.1, 0.15) is 11.9 Å². The van der Waals surface area contributed by atoms with E-state index in [0.29, 0.717) is 0 Å². The first kappa shape index (κ1) is 10.0. The Morgan fingerprint density at radius 2 is 2.25 bits per heavy atom. The number of aromatic amines is 1. The van der Waals surface area contributed by atoms with Crippen LogP contribution in [0.5, 0.6) is 0 Å². The maximum Gasteiger partial charge on any atom is 0.254 e. The van der Waals surface area contributed by atoms with Crippen LogP contribution in [-0.4, -0.2) is 16.1 Å². The predicted molar refractivity (Wildman–Crippen MR) is 59.4 cm³/mol. The van der Waals surface area contributed by atoms with Crippen molar-refractivity contribution in [2.24, 2.45) is 0 Å². The van der Waals surface area contributed by atoms with Gasteiger partial charge in [0, 0.05) is 5.56 Å². The van der Waals surface area contributed by atoms with Crippen molar-refractivity contribution in [1.82, 2.24) is 9.97 Å². The maximum absolute atomic E-state index is 11.8. The highest BCUT2D eigenvalue weighted by atomic mass is 16.5. The Hall–Kier alpha value is -1.16. The summed E-state index contributed by atoms with van der Waals surface area (Å²) in [6.45, 7) is 2.06. The van der Waals surface area contributed by atoms with E-state index < -0.39 is 0 Å². The summed E-state index contributed by atoms with van der Waals surface area (Å²) in [4.78, 5) is 19.2. The van der Waals surface area contributed by atoms with Crippen LogP contribution in [-0.2, 0) is 17.6 Å². The molecule has 86 valence electrons. The highest BCUT2D eigenvalue weighted by molar-refractivity contribution is 5.23. The van der Waals surface area contributed by atoms with Crippen LogP contribution in [0, 0.1) is 0 Å². The largest absolute Gasteiger partial charge is 0.367 e. The van der Waals surface area contributed by atoms with Crippen LogP contribution in [0.2, 0.25) is 0 Å². The monoisotopic (exact) mass is 220 g/mol. The van der Waals surface area contributed by atoms with E-state index in [1.807, 2.05) is 0 Å². The summed E-state index contributed by atoms with van der Waals surface area (Å²) in [5, 5.41) is 0. The molecular weight excluding hydrogens is 204 g/mol. The first-order chi connectivity index (χ1) is 7.74. The van der Waals surface area contributed by atoms with Crippen LogP contribution >= 0.6 is 0 Å². The van der Waals surface area contributed by atoms with Crippen molar-refractivity contribution >= 4 is 0 Å². The van der Waals surface area contributed by atoms with Gasteiger partial charge >= 0.3 is 0 Å². The average molecular weight is 220 g/mol. The highest BCUT2D eigenvalue weighted by Crippen LogP contribution is 2.30. The van der Waals surface area contributed by atoms with Gasteiger partial charge in [0.2, 0.25) is 0 Å². The molecular formula is C12H16N2O2. The van der Waals surface area contributed by atoms with Gasteiger partial charge in [-0.05, 0) is 39.0 Å². The molecule has 2 heterocycles. The Bertz CT molecular complexity index is 467. The Morgan fingerprint density at radius 1 is 1.38 bits per heavy atom.